The summed E-state index contributed by atoms with van der Waals surface area (Å²) in [5.74, 6) is 0.837. The molecule has 0 aliphatic carbocycles. The maximum Gasteiger partial charge on any atom is 0.274 e. The standard InChI is InChI=1S/C23H25N3O3.BrH/c1-28-21-7-4-18(5-8-21)2-3-19-6-9-22-20(16-19)17-24-26(23(22)27)11-10-25-12-14-29-15-13-25;/h2-9,16-17H,10-15H2,1H3;1H. The average Bonchev–Trinajstić information content (AvgIpc) is 2.78. The summed E-state index contributed by atoms with van der Waals surface area (Å²) in [6, 6.07) is 13.7. The topological polar surface area (TPSA) is 56.6 Å². The van der Waals surface area contributed by atoms with Crippen molar-refractivity contribution in [3.63, 3.8) is 0 Å². The van der Waals surface area contributed by atoms with E-state index in [1.165, 1.54) is 0 Å². The molecule has 7 heteroatoms. The third kappa shape index (κ3) is 5.36. The van der Waals surface area contributed by atoms with Crippen molar-refractivity contribution in [2.45, 2.75) is 6.54 Å². The molecule has 0 bridgehead atoms. The monoisotopic (exact) mass is 471 g/mol. The lowest BCUT2D eigenvalue weighted by atomic mass is 10.1. The number of halogens is 1. The molecule has 2 heterocycles. The summed E-state index contributed by atoms with van der Waals surface area (Å²) < 4.78 is 12.1. The first kappa shape index (κ1) is 22.2. The summed E-state index contributed by atoms with van der Waals surface area (Å²) in [6.45, 7) is 4.73. The van der Waals surface area contributed by atoms with Crippen LogP contribution in [0.1, 0.15) is 11.1 Å². The summed E-state index contributed by atoms with van der Waals surface area (Å²) in [5, 5.41) is 5.93. The largest absolute Gasteiger partial charge is 0.497 e. The van der Waals surface area contributed by atoms with E-state index in [4.69, 9.17) is 9.47 Å². The minimum atomic E-state index is -0.0403. The number of benzene rings is 2. The van der Waals surface area contributed by atoms with Gasteiger partial charge >= 0.3 is 0 Å². The van der Waals surface area contributed by atoms with E-state index >= 15 is 0 Å². The van der Waals surface area contributed by atoms with Crippen LogP contribution in [0.3, 0.4) is 0 Å². The fraction of sp³-hybridized carbons (Fsp3) is 0.304. The second-order valence-electron chi connectivity index (χ2n) is 7.08. The van der Waals surface area contributed by atoms with Gasteiger partial charge in [0.15, 0.2) is 0 Å². The quantitative estimate of drug-likeness (QED) is 0.515. The Kier molecular flexibility index (Phi) is 7.79. The van der Waals surface area contributed by atoms with E-state index in [1.54, 1.807) is 18.0 Å². The molecule has 1 aliphatic heterocycles. The van der Waals surface area contributed by atoms with Crippen molar-refractivity contribution in [3.05, 3.63) is 70.1 Å². The molecule has 4 rings (SSSR count). The summed E-state index contributed by atoms with van der Waals surface area (Å²) in [7, 11) is 1.66. The predicted molar refractivity (Wildman–Crippen MR) is 126 cm³/mol. The van der Waals surface area contributed by atoms with Gasteiger partial charge in [0.1, 0.15) is 5.75 Å². The minimum absolute atomic E-state index is 0. The Morgan fingerprint density at radius 1 is 1.03 bits per heavy atom. The number of hydrogen-bond donors (Lipinski definition) is 0. The van der Waals surface area contributed by atoms with Crippen LogP contribution in [0.5, 0.6) is 5.75 Å². The van der Waals surface area contributed by atoms with Gasteiger partial charge < -0.3 is 9.47 Å². The number of hydrogen-bond acceptors (Lipinski definition) is 5. The van der Waals surface area contributed by atoms with Gasteiger partial charge in [0, 0.05) is 25.0 Å². The number of morpholine rings is 1. The summed E-state index contributed by atoms with van der Waals surface area (Å²) >= 11 is 0. The number of methoxy groups -OCH3 is 1. The first-order valence-corrected chi connectivity index (χ1v) is 9.85. The lowest BCUT2D eigenvalue weighted by Crippen LogP contribution is -2.39. The van der Waals surface area contributed by atoms with Gasteiger partial charge in [-0.25, -0.2) is 4.68 Å². The van der Waals surface area contributed by atoms with Crippen molar-refractivity contribution >= 4 is 39.9 Å². The molecule has 0 atom stereocenters. The third-order valence-corrected chi connectivity index (χ3v) is 5.19. The highest BCUT2D eigenvalue weighted by atomic mass is 79.9. The summed E-state index contributed by atoms with van der Waals surface area (Å²) in [5.41, 5.74) is 2.07. The molecule has 1 fully saturated rings. The fourth-order valence-electron chi connectivity index (χ4n) is 3.44. The molecular formula is C23H26BrN3O3. The van der Waals surface area contributed by atoms with E-state index < -0.39 is 0 Å². The van der Waals surface area contributed by atoms with Crippen LogP contribution in [0.2, 0.25) is 0 Å². The lowest BCUT2D eigenvalue weighted by Gasteiger charge is -2.26. The molecule has 0 radical (unpaired) electrons. The van der Waals surface area contributed by atoms with Crippen LogP contribution in [0, 0.1) is 0 Å². The second kappa shape index (κ2) is 10.5. The van der Waals surface area contributed by atoms with Crippen LogP contribution in [-0.2, 0) is 11.3 Å². The molecule has 1 saturated heterocycles. The van der Waals surface area contributed by atoms with E-state index in [2.05, 4.69) is 10.00 Å². The Hall–Kier alpha value is -2.48. The van der Waals surface area contributed by atoms with Gasteiger partial charge in [-0.2, -0.15) is 5.10 Å². The predicted octanol–water partition coefficient (Wildman–Crippen LogP) is 3.49. The molecule has 6 nitrogen and oxygen atoms in total. The number of rotatable bonds is 6. The van der Waals surface area contributed by atoms with Gasteiger partial charge in [-0.1, -0.05) is 30.4 Å². The number of aromatic nitrogens is 2. The Morgan fingerprint density at radius 3 is 2.47 bits per heavy atom. The molecule has 158 valence electrons. The molecule has 0 N–H and O–H groups in total. The van der Waals surface area contributed by atoms with Crippen LogP contribution >= 0.6 is 17.0 Å². The summed E-state index contributed by atoms with van der Waals surface area (Å²) in [6.07, 6.45) is 5.85. The van der Waals surface area contributed by atoms with Gasteiger partial charge in [0.05, 0.1) is 38.5 Å². The zero-order valence-electron chi connectivity index (χ0n) is 17.0. The Bertz CT molecular complexity index is 1060. The van der Waals surface area contributed by atoms with E-state index in [1.807, 2.05) is 54.6 Å². The summed E-state index contributed by atoms with van der Waals surface area (Å²) in [4.78, 5) is 15.1. The van der Waals surface area contributed by atoms with Crippen molar-refractivity contribution in [1.82, 2.24) is 14.7 Å². The normalized spacial score (nSPS) is 14.7. The number of nitrogens with zero attached hydrogens (tertiary/aromatic N) is 3. The molecular weight excluding hydrogens is 446 g/mol. The molecule has 0 saturated carbocycles. The zero-order chi connectivity index (χ0) is 20.1. The Balaban J connectivity index is 0.00000256. The van der Waals surface area contributed by atoms with Crippen LogP contribution < -0.4 is 10.3 Å². The number of ether oxygens (including phenoxy) is 2. The van der Waals surface area contributed by atoms with Crippen molar-refractivity contribution in [2.75, 3.05) is 40.0 Å². The van der Waals surface area contributed by atoms with Crippen LogP contribution in [0.4, 0.5) is 0 Å². The maximum atomic E-state index is 12.8. The Morgan fingerprint density at radius 2 is 1.73 bits per heavy atom. The third-order valence-electron chi connectivity index (χ3n) is 5.19. The van der Waals surface area contributed by atoms with Crippen LogP contribution in [0.15, 0.2) is 53.5 Å². The molecule has 3 aromatic rings. The maximum absolute atomic E-state index is 12.8. The SMILES string of the molecule is Br.COc1ccc(C=Cc2ccc3c(=O)n(CCN4CCOCC4)ncc3c2)cc1. The Labute approximate surface area is 186 Å². The van der Waals surface area contributed by atoms with E-state index in [-0.39, 0.29) is 22.5 Å². The van der Waals surface area contributed by atoms with Crippen molar-refractivity contribution in [1.29, 1.82) is 0 Å². The zero-order valence-corrected chi connectivity index (χ0v) is 18.7. The van der Waals surface area contributed by atoms with Gasteiger partial charge in [-0.15, -0.1) is 17.0 Å². The van der Waals surface area contributed by atoms with Gasteiger partial charge in [-0.3, -0.25) is 9.69 Å². The van der Waals surface area contributed by atoms with Gasteiger partial charge in [0.2, 0.25) is 0 Å². The van der Waals surface area contributed by atoms with E-state index in [0.29, 0.717) is 11.9 Å². The first-order valence-electron chi connectivity index (χ1n) is 9.85. The highest BCUT2D eigenvalue weighted by Gasteiger charge is 2.11. The van der Waals surface area contributed by atoms with Crippen LogP contribution in [0.25, 0.3) is 22.9 Å². The van der Waals surface area contributed by atoms with Crippen LogP contribution in [-0.4, -0.2) is 54.6 Å². The first-order chi connectivity index (χ1) is 14.2. The van der Waals surface area contributed by atoms with E-state index in [9.17, 15) is 4.79 Å². The molecule has 30 heavy (non-hydrogen) atoms. The van der Waals surface area contributed by atoms with Gasteiger partial charge in [-0.05, 0) is 35.4 Å². The van der Waals surface area contributed by atoms with Gasteiger partial charge in [0.25, 0.3) is 5.56 Å². The fourth-order valence-corrected chi connectivity index (χ4v) is 3.44. The molecule has 2 aromatic carbocycles. The lowest BCUT2D eigenvalue weighted by molar-refractivity contribution is 0.0358. The highest BCUT2D eigenvalue weighted by Crippen LogP contribution is 2.16. The molecule has 0 unspecified atom stereocenters. The van der Waals surface area contributed by atoms with E-state index in [0.717, 1.165) is 55.1 Å². The highest BCUT2D eigenvalue weighted by molar-refractivity contribution is 8.93. The molecule has 1 aromatic heterocycles. The molecule has 1 aliphatic rings. The minimum Gasteiger partial charge on any atom is -0.497 e. The molecule has 0 amide bonds. The van der Waals surface area contributed by atoms with Crippen molar-refractivity contribution in [3.8, 4) is 5.75 Å². The molecule has 0 spiro atoms. The second-order valence-corrected chi connectivity index (χ2v) is 7.08. The number of fused-ring (bicyclic) bond motifs is 1. The smallest absolute Gasteiger partial charge is 0.274 e. The average molecular weight is 472 g/mol. The van der Waals surface area contributed by atoms with Crippen molar-refractivity contribution < 1.29 is 9.47 Å². The van der Waals surface area contributed by atoms with Crippen molar-refractivity contribution in [2.24, 2.45) is 0 Å².